The minimum atomic E-state index is -0.860. The van der Waals surface area contributed by atoms with Crippen LogP contribution in [0, 0.1) is 11.8 Å². The number of hydrogen-bond acceptors (Lipinski definition) is 3. The molecule has 0 spiro atoms. The third-order valence-electron chi connectivity index (χ3n) is 4.82. The molecule has 0 radical (unpaired) electrons. The van der Waals surface area contributed by atoms with Crippen molar-refractivity contribution in [3.05, 3.63) is 83.9 Å². The van der Waals surface area contributed by atoms with Gasteiger partial charge < -0.3 is 14.6 Å². The fourth-order valence-corrected chi connectivity index (χ4v) is 3.29. The maximum Gasteiger partial charge on any atom is 0.304 e. The number of hydrogen-bond donors (Lipinski definition) is 1. The van der Waals surface area contributed by atoms with Crippen molar-refractivity contribution in [1.29, 1.82) is 0 Å². The molecule has 0 aromatic heterocycles. The van der Waals surface area contributed by atoms with E-state index < -0.39 is 5.97 Å². The molecule has 4 nitrogen and oxygen atoms in total. The van der Waals surface area contributed by atoms with Crippen molar-refractivity contribution in [2.75, 3.05) is 6.61 Å². The Morgan fingerprint density at radius 3 is 2.32 bits per heavy atom. The first-order chi connectivity index (χ1) is 15.1. The van der Waals surface area contributed by atoms with E-state index in [4.69, 9.17) is 14.6 Å². The van der Waals surface area contributed by atoms with Crippen LogP contribution in [-0.4, -0.2) is 17.7 Å². The van der Waals surface area contributed by atoms with Crippen molar-refractivity contribution in [3.8, 4) is 34.5 Å². The number of aliphatic carboxylic acids is 1. The summed E-state index contributed by atoms with van der Waals surface area (Å²) in [6, 6.07) is 23.8. The van der Waals surface area contributed by atoms with Crippen LogP contribution in [0.15, 0.2) is 72.8 Å². The highest BCUT2D eigenvalue weighted by Crippen LogP contribution is 2.25. The quantitative estimate of drug-likeness (QED) is 0.442. The highest BCUT2D eigenvalue weighted by atomic mass is 16.5. The summed E-state index contributed by atoms with van der Waals surface area (Å²) in [5, 5.41) is 9.07. The monoisotopic (exact) mass is 414 g/mol. The molecule has 0 amide bonds. The Balaban J connectivity index is 1.61. The van der Waals surface area contributed by atoms with Gasteiger partial charge in [-0.1, -0.05) is 54.5 Å². The van der Waals surface area contributed by atoms with Gasteiger partial charge in [0.25, 0.3) is 0 Å². The van der Waals surface area contributed by atoms with E-state index in [0.717, 1.165) is 33.8 Å². The van der Waals surface area contributed by atoms with Crippen molar-refractivity contribution >= 4 is 5.97 Å². The lowest BCUT2D eigenvalue weighted by atomic mass is 9.96. The molecule has 158 valence electrons. The number of benzene rings is 3. The van der Waals surface area contributed by atoms with Gasteiger partial charge in [-0.3, -0.25) is 4.79 Å². The Hall–Kier alpha value is -3.71. The van der Waals surface area contributed by atoms with Crippen LogP contribution in [0.5, 0.6) is 11.5 Å². The van der Waals surface area contributed by atoms with Crippen LogP contribution in [0.1, 0.15) is 37.3 Å². The molecule has 3 rings (SSSR count). The zero-order valence-electron chi connectivity index (χ0n) is 17.8. The second-order valence-electron chi connectivity index (χ2n) is 7.06. The average molecular weight is 415 g/mol. The predicted octanol–water partition coefficient (Wildman–Crippen LogP) is 5.91. The number of carboxylic acids is 1. The normalized spacial score (nSPS) is 11.2. The van der Waals surface area contributed by atoms with Gasteiger partial charge >= 0.3 is 5.97 Å². The van der Waals surface area contributed by atoms with Gasteiger partial charge in [-0.25, -0.2) is 0 Å². The maximum absolute atomic E-state index is 11.0. The summed E-state index contributed by atoms with van der Waals surface area (Å²) in [6.45, 7) is 4.79. The van der Waals surface area contributed by atoms with E-state index in [0.29, 0.717) is 13.2 Å². The number of ether oxygens (including phenoxy) is 2. The van der Waals surface area contributed by atoms with E-state index in [2.05, 4.69) is 42.2 Å². The molecule has 1 N–H and O–H groups in total. The molecular formula is C27H26O4. The summed E-state index contributed by atoms with van der Waals surface area (Å²) < 4.78 is 11.5. The summed E-state index contributed by atoms with van der Waals surface area (Å²) >= 11 is 0. The van der Waals surface area contributed by atoms with Crippen LogP contribution in [0.25, 0.3) is 11.1 Å². The second-order valence-corrected chi connectivity index (χ2v) is 7.06. The lowest BCUT2D eigenvalue weighted by molar-refractivity contribution is -0.137. The van der Waals surface area contributed by atoms with Gasteiger partial charge in [0, 0.05) is 0 Å². The molecular weight excluding hydrogens is 388 g/mol. The van der Waals surface area contributed by atoms with Crippen LogP contribution in [-0.2, 0) is 11.4 Å². The van der Waals surface area contributed by atoms with Crippen molar-refractivity contribution in [3.63, 3.8) is 0 Å². The first-order valence-corrected chi connectivity index (χ1v) is 10.3. The molecule has 0 saturated carbocycles. The molecule has 3 aromatic carbocycles. The topological polar surface area (TPSA) is 55.8 Å². The van der Waals surface area contributed by atoms with E-state index in [1.54, 1.807) is 6.92 Å². The van der Waals surface area contributed by atoms with E-state index in [1.807, 2.05) is 49.4 Å². The van der Waals surface area contributed by atoms with Crippen molar-refractivity contribution in [1.82, 2.24) is 0 Å². The summed E-state index contributed by atoms with van der Waals surface area (Å²) in [5.41, 5.74) is 4.17. The van der Waals surface area contributed by atoms with Gasteiger partial charge in [0.15, 0.2) is 0 Å². The Kier molecular flexibility index (Phi) is 7.73. The molecule has 4 heteroatoms. The van der Waals surface area contributed by atoms with Crippen molar-refractivity contribution in [2.45, 2.75) is 32.8 Å². The van der Waals surface area contributed by atoms with Gasteiger partial charge in [0.2, 0.25) is 0 Å². The largest absolute Gasteiger partial charge is 0.494 e. The van der Waals surface area contributed by atoms with Crippen LogP contribution in [0.4, 0.5) is 0 Å². The first-order valence-electron chi connectivity index (χ1n) is 10.3. The molecule has 1 unspecified atom stereocenters. The van der Waals surface area contributed by atoms with Gasteiger partial charge in [0.1, 0.15) is 18.1 Å². The van der Waals surface area contributed by atoms with Gasteiger partial charge in [-0.15, -0.1) is 5.92 Å². The van der Waals surface area contributed by atoms with Crippen molar-refractivity contribution < 1.29 is 19.4 Å². The average Bonchev–Trinajstić information content (AvgIpc) is 2.78. The summed E-state index contributed by atoms with van der Waals surface area (Å²) in [4.78, 5) is 11.0. The standard InChI is InChI=1S/C27H26O4/c1-3-6-23(18-27(28)29)22-13-15-25(16-14-22)31-19-20-9-11-21(12-10-20)24-7-5-8-26(17-24)30-4-2/h5,7-17,23H,4,18-19H2,1-2H3,(H,28,29). The highest BCUT2D eigenvalue weighted by molar-refractivity contribution is 5.69. The van der Waals surface area contributed by atoms with Crippen molar-refractivity contribution in [2.24, 2.45) is 0 Å². The number of carboxylic acid groups (broad SMARTS) is 1. The third-order valence-corrected chi connectivity index (χ3v) is 4.82. The maximum atomic E-state index is 11.0. The molecule has 0 bridgehead atoms. The Labute approximate surface area is 183 Å². The SMILES string of the molecule is CC#CC(CC(=O)O)c1ccc(OCc2ccc(-c3cccc(OCC)c3)cc2)cc1. The third kappa shape index (κ3) is 6.38. The molecule has 0 heterocycles. The molecule has 3 aromatic rings. The van der Waals surface area contributed by atoms with Gasteiger partial charge in [-0.2, -0.15) is 0 Å². The van der Waals surface area contributed by atoms with E-state index >= 15 is 0 Å². The van der Waals surface area contributed by atoms with E-state index in [1.165, 1.54) is 0 Å². The zero-order valence-corrected chi connectivity index (χ0v) is 17.8. The summed E-state index contributed by atoms with van der Waals surface area (Å²) in [6.07, 6.45) is -0.0130. The van der Waals surface area contributed by atoms with Gasteiger partial charge in [0.05, 0.1) is 18.9 Å². The van der Waals surface area contributed by atoms with Gasteiger partial charge in [-0.05, 0) is 60.4 Å². The molecule has 0 aliphatic carbocycles. The minimum absolute atomic E-state index is 0.0130. The number of rotatable bonds is 9. The molecule has 0 saturated heterocycles. The minimum Gasteiger partial charge on any atom is -0.494 e. The number of carbonyl (C=O) groups is 1. The van der Waals surface area contributed by atoms with E-state index in [-0.39, 0.29) is 12.3 Å². The van der Waals surface area contributed by atoms with E-state index in [9.17, 15) is 4.79 Å². The first kappa shape index (κ1) is 22.0. The Bertz CT molecular complexity index is 1060. The molecule has 0 aliphatic rings. The summed E-state index contributed by atoms with van der Waals surface area (Å²) in [7, 11) is 0. The molecule has 1 atom stereocenters. The smallest absolute Gasteiger partial charge is 0.304 e. The molecule has 31 heavy (non-hydrogen) atoms. The fraction of sp³-hybridized carbons (Fsp3) is 0.222. The molecule has 0 aliphatic heterocycles. The summed E-state index contributed by atoms with van der Waals surface area (Å²) in [5.74, 6) is 6.19. The Morgan fingerprint density at radius 2 is 1.68 bits per heavy atom. The zero-order chi connectivity index (χ0) is 22.1. The highest BCUT2D eigenvalue weighted by Gasteiger charge is 2.13. The van der Waals surface area contributed by atoms with Crippen LogP contribution in [0.2, 0.25) is 0 Å². The lowest BCUT2D eigenvalue weighted by Crippen LogP contribution is -2.04. The second kappa shape index (κ2) is 10.9. The Morgan fingerprint density at radius 1 is 0.935 bits per heavy atom. The lowest BCUT2D eigenvalue weighted by Gasteiger charge is -2.11. The molecule has 0 fully saturated rings. The van der Waals surface area contributed by atoms with Crippen LogP contribution in [0.3, 0.4) is 0 Å². The van der Waals surface area contributed by atoms with Crippen LogP contribution >= 0.6 is 0 Å². The fourth-order valence-electron chi connectivity index (χ4n) is 3.29. The predicted molar refractivity (Wildman–Crippen MR) is 122 cm³/mol. The van der Waals surface area contributed by atoms with Crippen LogP contribution < -0.4 is 9.47 Å².